The zero-order valence-corrected chi connectivity index (χ0v) is 9.37. The Balaban J connectivity index is 2.43. The summed E-state index contributed by atoms with van der Waals surface area (Å²) in [5, 5.41) is 8.09. The Hall–Kier alpha value is -0.840. The molecule has 0 aliphatic carbocycles. The number of carboxylic acids is 1. The van der Waals surface area contributed by atoms with Crippen LogP contribution in [0.25, 0.3) is 0 Å². The summed E-state index contributed by atoms with van der Waals surface area (Å²) in [6, 6.07) is 0. The first-order valence-corrected chi connectivity index (χ1v) is 6.82. The van der Waals surface area contributed by atoms with Crippen molar-refractivity contribution in [1.82, 2.24) is 0 Å². The standard InChI is InChI=1S/C10H16O4S/c11-10(12)7-2-1-5-9-6-3-4-8-15(9,13)14/h1-2,9H,3-8H2,(H,11,12)/b2-1-. The van der Waals surface area contributed by atoms with Crippen molar-refractivity contribution in [1.29, 1.82) is 0 Å². The fraction of sp³-hybridized carbons (Fsp3) is 0.700. The Morgan fingerprint density at radius 3 is 2.67 bits per heavy atom. The summed E-state index contributed by atoms with van der Waals surface area (Å²) in [6.07, 6.45) is 6.03. The Bertz CT molecular complexity index is 342. The number of hydrogen-bond donors (Lipinski definition) is 1. The van der Waals surface area contributed by atoms with E-state index in [0.717, 1.165) is 12.8 Å². The molecule has 1 aliphatic heterocycles. The maximum atomic E-state index is 11.6. The summed E-state index contributed by atoms with van der Waals surface area (Å²) < 4.78 is 23.1. The third kappa shape index (κ3) is 4.03. The molecule has 1 rings (SSSR count). The van der Waals surface area contributed by atoms with Gasteiger partial charge in [0, 0.05) is 0 Å². The largest absolute Gasteiger partial charge is 0.481 e. The van der Waals surface area contributed by atoms with E-state index in [1.807, 2.05) is 0 Å². The first-order chi connectivity index (χ1) is 7.02. The molecule has 1 aliphatic rings. The van der Waals surface area contributed by atoms with Gasteiger partial charge in [-0.1, -0.05) is 18.6 Å². The number of carboxylic acid groups (broad SMARTS) is 1. The van der Waals surface area contributed by atoms with E-state index >= 15 is 0 Å². The van der Waals surface area contributed by atoms with Gasteiger partial charge in [0.15, 0.2) is 9.84 Å². The maximum Gasteiger partial charge on any atom is 0.307 e. The molecule has 1 unspecified atom stereocenters. The molecule has 5 heteroatoms. The Labute approximate surface area is 89.9 Å². The van der Waals surface area contributed by atoms with Crippen LogP contribution < -0.4 is 0 Å². The van der Waals surface area contributed by atoms with E-state index in [0.29, 0.717) is 12.8 Å². The molecule has 1 saturated heterocycles. The molecule has 4 nitrogen and oxygen atoms in total. The van der Waals surface area contributed by atoms with Gasteiger partial charge in [0.2, 0.25) is 0 Å². The lowest BCUT2D eigenvalue weighted by Gasteiger charge is -2.20. The molecule has 0 radical (unpaired) electrons. The molecule has 0 aromatic rings. The number of aliphatic carboxylic acids is 1. The predicted octanol–water partition coefficient (Wildman–Crippen LogP) is 1.37. The van der Waals surface area contributed by atoms with Crippen LogP contribution in [0.3, 0.4) is 0 Å². The van der Waals surface area contributed by atoms with Crippen LogP contribution in [0.15, 0.2) is 12.2 Å². The van der Waals surface area contributed by atoms with Gasteiger partial charge >= 0.3 is 5.97 Å². The molecule has 86 valence electrons. The van der Waals surface area contributed by atoms with Crippen LogP contribution in [-0.4, -0.2) is 30.5 Å². The summed E-state index contributed by atoms with van der Waals surface area (Å²) in [7, 11) is -2.92. The lowest BCUT2D eigenvalue weighted by atomic mass is 10.1. The van der Waals surface area contributed by atoms with Crippen molar-refractivity contribution in [2.75, 3.05) is 5.75 Å². The number of allylic oxidation sites excluding steroid dienone is 1. The lowest BCUT2D eigenvalue weighted by molar-refractivity contribution is -0.136. The normalized spacial score (nSPS) is 25.5. The quantitative estimate of drug-likeness (QED) is 0.743. The van der Waals surface area contributed by atoms with Crippen LogP contribution >= 0.6 is 0 Å². The topological polar surface area (TPSA) is 71.4 Å². The van der Waals surface area contributed by atoms with Gasteiger partial charge in [0.05, 0.1) is 17.4 Å². The first kappa shape index (κ1) is 12.2. The minimum Gasteiger partial charge on any atom is -0.481 e. The SMILES string of the molecule is O=C(O)C/C=C\CC1CCCCS1(=O)=O. The van der Waals surface area contributed by atoms with Crippen molar-refractivity contribution >= 4 is 15.8 Å². The monoisotopic (exact) mass is 232 g/mol. The number of sulfone groups is 1. The zero-order valence-electron chi connectivity index (χ0n) is 8.55. The van der Waals surface area contributed by atoms with Gasteiger partial charge in [0.25, 0.3) is 0 Å². The van der Waals surface area contributed by atoms with Crippen LogP contribution in [0.2, 0.25) is 0 Å². The lowest BCUT2D eigenvalue weighted by Crippen LogP contribution is -2.27. The van der Waals surface area contributed by atoms with E-state index in [4.69, 9.17) is 5.11 Å². The molecule has 1 atom stereocenters. The number of rotatable bonds is 4. The van der Waals surface area contributed by atoms with Crippen LogP contribution in [0.5, 0.6) is 0 Å². The van der Waals surface area contributed by atoms with Gasteiger partial charge in [-0.25, -0.2) is 8.42 Å². The second-order valence-electron chi connectivity index (χ2n) is 3.79. The molecule has 0 aromatic carbocycles. The Kier molecular flexibility index (Phi) is 4.32. The van der Waals surface area contributed by atoms with Gasteiger partial charge < -0.3 is 5.11 Å². The Morgan fingerprint density at radius 2 is 2.07 bits per heavy atom. The summed E-state index contributed by atoms with van der Waals surface area (Å²) in [5.74, 6) is -0.609. The highest BCUT2D eigenvalue weighted by atomic mass is 32.2. The second-order valence-corrected chi connectivity index (χ2v) is 6.19. The van der Waals surface area contributed by atoms with Gasteiger partial charge in [-0.2, -0.15) is 0 Å². The van der Waals surface area contributed by atoms with E-state index < -0.39 is 15.8 Å². The molecule has 1 heterocycles. The van der Waals surface area contributed by atoms with Gasteiger partial charge in [-0.3, -0.25) is 4.79 Å². The smallest absolute Gasteiger partial charge is 0.307 e. The van der Waals surface area contributed by atoms with Gasteiger partial charge in [-0.15, -0.1) is 0 Å². The highest BCUT2D eigenvalue weighted by molar-refractivity contribution is 7.92. The van der Waals surface area contributed by atoms with E-state index in [2.05, 4.69) is 0 Å². The second kappa shape index (κ2) is 5.30. The third-order valence-corrected chi connectivity index (χ3v) is 4.87. The fourth-order valence-electron chi connectivity index (χ4n) is 1.72. The third-order valence-electron chi connectivity index (χ3n) is 2.57. The van der Waals surface area contributed by atoms with Crippen LogP contribution in [0.4, 0.5) is 0 Å². The molecule has 0 aromatic heterocycles. The van der Waals surface area contributed by atoms with Crippen molar-refractivity contribution in [3.8, 4) is 0 Å². The van der Waals surface area contributed by atoms with Crippen LogP contribution in [-0.2, 0) is 14.6 Å². The summed E-state index contributed by atoms with van der Waals surface area (Å²) in [4.78, 5) is 10.2. The summed E-state index contributed by atoms with van der Waals surface area (Å²) >= 11 is 0. The molecular formula is C10H16O4S. The molecule has 0 bridgehead atoms. The van der Waals surface area contributed by atoms with Crippen LogP contribution in [0.1, 0.15) is 32.1 Å². The summed E-state index contributed by atoms with van der Waals surface area (Å²) in [5.41, 5.74) is 0. The molecule has 0 spiro atoms. The molecule has 1 N–H and O–H groups in total. The number of carbonyl (C=O) groups is 1. The van der Waals surface area contributed by atoms with Crippen molar-refractivity contribution in [3.05, 3.63) is 12.2 Å². The van der Waals surface area contributed by atoms with E-state index in [-0.39, 0.29) is 17.4 Å². The van der Waals surface area contributed by atoms with Gasteiger partial charge in [0.1, 0.15) is 0 Å². The molecular weight excluding hydrogens is 216 g/mol. The average Bonchev–Trinajstić information content (AvgIpc) is 2.13. The van der Waals surface area contributed by atoms with E-state index in [1.165, 1.54) is 6.08 Å². The van der Waals surface area contributed by atoms with E-state index in [9.17, 15) is 13.2 Å². The van der Waals surface area contributed by atoms with E-state index in [1.54, 1.807) is 6.08 Å². The average molecular weight is 232 g/mol. The highest BCUT2D eigenvalue weighted by Gasteiger charge is 2.27. The first-order valence-electron chi connectivity index (χ1n) is 5.11. The van der Waals surface area contributed by atoms with Crippen molar-refractivity contribution in [3.63, 3.8) is 0 Å². The fourth-order valence-corrected chi connectivity index (χ4v) is 3.59. The summed E-state index contributed by atoms with van der Waals surface area (Å²) in [6.45, 7) is 0. The maximum absolute atomic E-state index is 11.6. The minimum atomic E-state index is -2.92. The molecule has 15 heavy (non-hydrogen) atoms. The van der Waals surface area contributed by atoms with Crippen molar-refractivity contribution in [2.24, 2.45) is 0 Å². The van der Waals surface area contributed by atoms with Crippen LogP contribution in [0, 0.1) is 0 Å². The molecule has 1 fully saturated rings. The molecule has 0 saturated carbocycles. The Morgan fingerprint density at radius 1 is 1.33 bits per heavy atom. The number of hydrogen-bond acceptors (Lipinski definition) is 3. The minimum absolute atomic E-state index is 0.0350. The predicted molar refractivity (Wildman–Crippen MR) is 57.4 cm³/mol. The van der Waals surface area contributed by atoms with Crippen molar-refractivity contribution in [2.45, 2.75) is 37.4 Å². The van der Waals surface area contributed by atoms with Gasteiger partial charge in [-0.05, 0) is 19.3 Å². The zero-order chi connectivity index (χ0) is 11.3. The highest BCUT2D eigenvalue weighted by Crippen LogP contribution is 2.22. The molecule has 0 amide bonds. The van der Waals surface area contributed by atoms with Crippen molar-refractivity contribution < 1.29 is 18.3 Å².